The summed E-state index contributed by atoms with van der Waals surface area (Å²) in [5, 5.41) is 3.05. The Bertz CT molecular complexity index is 733. The van der Waals surface area contributed by atoms with E-state index in [2.05, 4.69) is 5.32 Å². The van der Waals surface area contributed by atoms with Crippen molar-refractivity contribution >= 4 is 5.91 Å². The number of hydrogen-bond donors (Lipinski definition) is 2. The second kappa shape index (κ2) is 8.78. The number of ether oxygens (including phenoxy) is 2. The molecule has 1 amide bonds. The number of quaternary nitrogens is 1. The fourth-order valence-corrected chi connectivity index (χ4v) is 3.14. The van der Waals surface area contributed by atoms with E-state index in [0.29, 0.717) is 0 Å². The first-order valence-corrected chi connectivity index (χ1v) is 8.78. The van der Waals surface area contributed by atoms with Crippen molar-refractivity contribution in [3.63, 3.8) is 0 Å². The molecular formula is C20H24FN2O3+. The van der Waals surface area contributed by atoms with Crippen LogP contribution in [0.15, 0.2) is 48.5 Å². The molecule has 1 atom stereocenters. The molecule has 1 saturated heterocycles. The molecule has 6 heteroatoms. The zero-order valence-corrected chi connectivity index (χ0v) is 14.8. The first kappa shape index (κ1) is 18.4. The van der Waals surface area contributed by atoms with Gasteiger partial charge in [-0.25, -0.2) is 4.39 Å². The second-order valence-electron chi connectivity index (χ2n) is 6.35. The van der Waals surface area contributed by atoms with Crippen LogP contribution in [-0.4, -0.2) is 45.9 Å². The summed E-state index contributed by atoms with van der Waals surface area (Å²) in [6, 6.07) is 13.9. The number of halogens is 1. The van der Waals surface area contributed by atoms with Gasteiger partial charge >= 0.3 is 0 Å². The lowest BCUT2D eigenvalue weighted by Gasteiger charge is -2.28. The minimum Gasteiger partial charge on any atom is -0.494 e. The number of amides is 1. The van der Waals surface area contributed by atoms with E-state index in [-0.39, 0.29) is 23.3 Å². The lowest BCUT2D eigenvalue weighted by atomic mass is 10.1. The van der Waals surface area contributed by atoms with Gasteiger partial charge in [-0.15, -0.1) is 0 Å². The third kappa shape index (κ3) is 4.59. The summed E-state index contributed by atoms with van der Waals surface area (Å²) in [7, 11) is 1.40. The van der Waals surface area contributed by atoms with Crippen LogP contribution >= 0.6 is 0 Å². The van der Waals surface area contributed by atoms with E-state index in [0.717, 1.165) is 38.4 Å². The molecule has 2 N–H and O–H groups in total. The maximum Gasteiger partial charge on any atom is 0.252 e. The first-order chi connectivity index (χ1) is 12.7. The first-order valence-electron chi connectivity index (χ1n) is 8.78. The SMILES string of the molecule is COc1ccc(C(=O)N[C@H](C[NH+]2CCOCC2)c2ccccc2)cc1F. The number of benzene rings is 2. The zero-order chi connectivity index (χ0) is 18.4. The highest BCUT2D eigenvalue weighted by atomic mass is 19.1. The Kier molecular flexibility index (Phi) is 6.20. The van der Waals surface area contributed by atoms with Crippen LogP contribution in [0.25, 0.3) is 0 Å². The predicted octanol–water partition coefficient (Wildman–Crippen LogP) is 1.22. The van der Waals surface area contributed by atoms with Crippen LogP contribution in [0.3, 0.4) is 0 Å². The second-order valence-corrected chi connectivity index (χ2v) is 6.35. The Balaban J connectivity index is 1.76. The van der Waals surface area contributed by atoms with Gasteiger partial charge in [0, 0.05) is 5.56 Å². The van der Waals surface area contributed by atoms with Gasteiger partial charge in [0.05, 0.1) is 20.3 Å². The van der Waals surface area contributed by atoms with Crippen LogP contribution in [0.4, 0.5) is 4.39 Å². The average Bonchev–Trinajstić information content (AvgIpc) is 2.69. The van der Waals surface area contributed by atoms with Crippen molar-refractivity contribution in [2.45, 2.75) is 6.04 Å². The van der Waals surface area contributed by atoms with E-state index >= 15 is 0 Å². The van der Waals surface area contributed by atoms with Crippen LogP contribution in [0.5, 0.6) is 5.75 Å². The number of nitrogens with one attached hydrogen (secondary N) is 2. The van der Waals surface area contributed by atoms with Crippen molar-refractivity contribution in [3.05, 3.63) is 65.5 Å². The van der Waals surface area contributed by atoms with E-state index < -0.39 is 5.82 Å². The lowest BCUT2D eigenvalue weighted by molar-refractivity contribution is -0.909. The smallest absolute Gasteiger partial charge is 0.252 e. The van der Waals surface area contributed by atoms with Gasteiger partial charge in [0.25, 0.3) is 5.91 Å². The van der Waals surface area contributed by atoms with E-state index in [4.69, 9.17) is 9.47 Å². The van der Waals surface area contributed by atoms with Gasteiger partial charge in [0.1, 0.15) is 25.7 Å². The number of rotatable bonds is 6. The minimum atomic E-state index is -0.546. The van der Waals surface area contributed by atoms with E-state index in [1.54, 1.807) is 6.07 Å². The molecule has 1 aliphatic rings. The molecule has 5 nitrogen and oxygen atoms in total. The summed E-state index contributed by atoms with van der Waals surface area (Å²) < 4.78 is 24.2. The molecule has 1 aliphatic heterocycles. The fraction of sp³-hybridized carbons (Fsp3) is 0.350. The Morgan fingerprint density at radius 3 is 2.62 bits per heavy atom. The van der Waals surface area contributed by atoms with Crippen molar-refractivity contribution in [2.75, 3.05) is 40.0 Å². The van der Waals surface area contributed by atoms with E-state index in [1.807, 2.05) is 30.3 Å². The van der Waals surface area contributed by atoms with E-state index in [1.165, 1.54) is 24.1 Å². The third-order valence-corrected chi connectivity index (χ3v) is 4.61. The molecule has 0 aliphatic carbocycles. The molecule has 2 aromatic rings. The lowest BCUT2D eigenvalue weighted by Crippen LogP contribution is -3.14. The number of morpholine rings is 1. The maximum absolute atomic E-state index is 13.9. The van der Waals surface area contributed by atoms with Gasteiger partial charge in [-0.3, -0.25) is 4.79 Å². The fourth-order valence-electron chi connectivity index (χ4n) is 3.14. The minimum absolute atomic E-state index is 0.124. The van der Waals surface area contributed by atoms with Crippen molar-refractivity contribution in [2.24, 2.45) is 0 Å². The van der Waals surface area contributed by atoms with Crippen LogP contribution < -0.4 is 15.0 Å². The Hall–Kier alpha value is -2.44. The Morgan fingerprint density at radius 2 is 1.96 bits per heavy atom. The monoisotopic (exact) mass is 359 g/mol. The van der Waals surface area contributed by atoms with Gasteiger partial charge in [0.2, 0.25) is 0 Å². The van der Waals surface area contributed by atoms with Crippen LogP contribution in [0.1, 0.15) is 22.0 Å². The molecule has 0 spiro atoms. The zero-order valence-electron chi connectivity index (χ0n) is 14.8. The molecule has 1 fully saturated rings. The molecule has 0 unspecified atom stereocenters. The quantitative estimate of drug-likeness (QED) is 0.816. The summed E-state index contributed by atoms with van der Waals surface area (Å²) in [5.74, 6) is -0.720. The standard InChI is InChI=1S/C20H23FN2O3/c1-25-19-8-7-16(13-17(19)21)20(24)22-18(15-5-3-2-4-6-15)14-23-9-11-26-12-10-23/h2-8,13,18H,9-12,14H2,1H3,(H,22,24)/p+1/t18-/m1/s1. The normalized spacial score (nSPS) is 16.1. The maximum atomic E-state index is 13.9. The molecule has 1 heterocycles. The van der Waals surface area contributed by atoms with Crippen LogP contribution in [0, 0.1) is 5.82 Å². The molecule has 2 aromatic carbocycles. The summed E-state index contributed by atoms with van der Waals surface area (Å²) in [4.78, 5) is 14.1. The van der Waals surface area contributed by atoms with Gasteiger partial charge in [-0.05, 0) is 23.8 Å². The molecule has 0 saturated carbocycles. The third-order valence-electron chi connectivity index (χ3n) is 4.61. The number of hydrogen-bond acceptors (Lipinski definition) is 3. The number of carbonyl (C=O) groups excluding carboxylic acids is 1. The Morgan fingerprint density at radius 1 is 1.23 bits per heavy atom. The van der Waals surface area contributed by atoms with Crippen LogP contribution in [-0.2, 0) is 4.74 Å². The molecule has 138 valence electrons. The summed E-state index contributed by atoms with van der Waals surface area (Å²) >= 11 is 0. The summed E-state index contributed by atoms with van der Waals surface area (Å²) in [6.07, 6.45) is 0. The Labute approximate surface area is 152 Å². The topological polar surface area (TPSA) is 52.0 Å². The van der Waals surface area contributed by atoms with Crippen molar-refractivity contribution in [1.29, 1.82) is 0 Å². The molecular weight excluding hydrogens is 335 g/mol. The van der Waals surface area contributed by atoms with Crippen molar-refractivity contribution in [1.82, 2.24) is 5.32 Å². The summed E-state index contributed by atoms with van der Waals surface area (Å²) in [6.45, 7) is 4.05. The highest BCUT2D eigenvalue weighted by molar-refractivity contribution is 5.94. The van der Waals surface area contributed by atoms with Gasteiger partial charge in [-0.2, -0.15) is 0 Å². The molecule has 3 rings (SSSR count). The van der Waals surface area contributed by atoms with Crippen LogP contribution in [0.2, 0.25) is 0 Å². The van der Waals surface area contributed by atoms with Crippen molar-refractivity contribution < 1.29 is 23.6 Å². The largest absolute Gasteiger partial charge is 0.494 e. The molecule has 0 bridgehead atoms. The average molecular weight is 359 g/mol. The highest BCUT2D eigenvalue weighted by Crippen LogP contribution is 2.18. The predicted molar refractivity (Wildman–Crippen MR) is 96.0 cm³/mol. The molecule has 26 heavy (non-hydrogen) atoms. The number of carbonyl (C=O) groups is 1. The van der Waals surface area contributed by atoms with Gasteiger partial charge in [-0.1, -0.05) is 30.3 Å². The summed E-state index contributed by atoms with van der Waals surface area (Å²) in [5.41, 5.74) is 1.31. The highest BCUT2D eigenvalue weighted by Gasteiger charge is 2.23. The van der Waals surface area contributed by atoms with E-state index in [9.17, 15) is 9.18 Å². The van der Waals surface area contributed by atoms with Gasteiger partial charge < -0.3 is 19.7 Å². The molecule has 0 radical (unpaired) electrons. The van der Waals surface area contributed by atoms with Crippen molar-refractivity contribution in [3.8, 4) is 5.75 Å². The van der Waals surface area contributed by atoms with Gasteiger partial charge in [0.15, 0.2) is 11.6 Å². The number of methoxy groups -OCH3 is 1. The molecule has 0 aromatic heterocycles.